The lowest BCUT2D eigenvalue weighted by atomic mass is 10.2. The Labute approximate surface area is 213 Å². The highest BCUT2D eigenvalue weighted by Gasteiger charge is 2.21. The molecule has 0 radical (unpaired) electrons. The highest BCUT2D eigenvalue weighted by atomic mass is 127. The maximum absolute atomic E-state index is 11.9. The number of guanidine groups is 1. The number of hydrogen-bond acceptors (Lipinski definition) is 3. The lowest BCUT2D eigenvalue weighted by Gasteiger charge is -2.16. The minimum Gasteiger partial charge on any atom is -0.357 e. The summed E-state index contributed by atoms with van der Waals surface area (Å²) in [6.45, 7) is 6.72. The van der Waals surface area contributed by atoms with Crippen LogP contribution in [0.4, 0.5) is 11.4 Å². The number of halogens is 1. The van der Waals surface area contributed by atoms with Crippen molar-refractivity contribution in [1.29, 1.82) is 0 Å². The van der Waals surface area contributed by atoms with E-state index in [2.05, 4.69) is 20.9 Å². The molecule has 1 aliphatic rings. The number of carbonyl (C=O) groups excluding carboxylic acids is 2. The van der Waals surface area contributed by atoms with Crippen LogP contribution in [0.25, 0.3) is 0 Å². The summed E-state index contributed by atoms with van der Waals surface area (Å²) in [5, 5.41) is 9.55. The SMILES string of the molecule is CCCC(=O)Nc1cccc(CN=C(NCC)NCc2ccc(N3CCCC3=O)cc2)c1.I. The van der Waals surface area contributed by atoms with Gasteiger partial charge in [-0.3, -0.25) is 9.59 Å². The van der Waals surface area contributed by atoms with Gasteiger partial charge < -0.3 is 20.9 Å². The zero-order valence-corrected chi connectivity index (χ0v) is 21.7. The Morgan fingerprint density at radius 3 is 2.52 bits per heavy atom. The van der Waals surface area contributed by atoms with Crippen LogP contribution in [-0.2, 0) is 22.7 Å². The molecule has 8 heteroatoms. The van der Waals surface area contributed by atoms with Gasteiger partial charge in [0.25, 0.3) is 0 Å². The van der Waals surface area contributed by atoms with Crippen molar-refractivity contribution in [2.24, 2.45) is 4.99 Å². The summed E-state index contributed by atoms with van der Waals surface area (Å²) in [6, 6.07) is 15.9. The van der Waals surface area contributed by atoms with Crippen LogP contribution in [0.2, 0.25) is 0 Å². The van der Waals surface area contributed by atoms with Crippen molar-refractivity contribution in [3.63, 3.8) is 0 Å². The Balaban J connectivity index is 0.00000385. The zero-order chi connectivity index (χ0) is 22.8. The fourth-order valence-corrected chi connectivity index (χ4v) is 3.61. The molecule has 0 bridgehead atoms. The molecule has 0 atom stereocenters. The van der Waals surface area contributed by atoms with Crippen LogP contribution < -0.4 is 20.9 Å². The van der Waals surface area contributed by atoms with Gasteiger partial charge in [0.05, 0.1) is 6.54 Å². The van der Waals surface area contributed by atoms with Crippen LogP contribution in [0.5, 0.6) is 0 Å². The van der Waals surface area contributed by atoms with E-state index in [4.69, 9.17) is 0 Å². The molecule has 0 aromatic heterocycles. The van der Waals surface area contributed by atoms with E-state index in [1.165, 1.54) is 0 Å². The molecule has 0 saturated carbocycles. The van der Waals surface area contributed by atoms with Gasteiger partial charge in [0.1, 0.15) is 0 Å². The maximum atomic E-state index is 11.9. The third-order valence-corrected chi connectivity index (χ3v) is 5.23. The van der Waals surface area contributed by atoms with Gasteiger partial charge in [0.2, 0.25) is 11.8 Å². The van der Waals surface area contributed by atoms with Crippen molar-refractivity contribution in [2.75, 3.05) is 23.3 Å². The molecule has 3 N–H and O–H groups in total. The van der Waals surface area contributed by atoms with Gasteiger partial charge in [0, 0.05) is 43.9 Å². The third-order valence-electron chi connectivity index (χ3n) is 5.23. The molecule has 7 nitrogen and oxygen atoms in total. The Morgan fingerprint density at radius 1 is 1.06 bits per heavy atom. The molecule has 1 aliphatic heterocycles. The number of nitrogens with zero attached hydrogens (tertiary/aromatic N) is 2. The Hall–Kier alpha value is -2.62. The highest BCUT2D eigenvalue weighted by molar-refractivity contribution is 14.0. The van der Waals surface area contributed by atoms with Gasteiger partial charge in [-0.25, -0.2) is 4.99 Å². The first-order valence-corrected chi connectivity index (χ1v) is 11.4. The van der Waals surface area contributed by atoms with Crippen molar-refractivity contribution in [2.45, 2.75) is 52.6 Å². The number of benzene rings is 2. The van der Waals surface area contributed by atoms with Crippen LogP contribution >= 0.6 is 24.0 Å². The van der Waals surface area contributed by atoms with Gasteiger partial charge in [-0.15, -0.1) is 24.0 Å². The van der Waals surface area contributed by atoms with E-state index in [1.54, 1.807) is 0 Å². The Morgan fingerprint density at radius 2 is 1.85 bits per heavy atom. The lowest BCUT2D eigenvalue weighted by molar-refractivity contribution is -0.117. The fraction of sp³-hybridized carbons (Fsp3) is 0.400. The van der Waals surface area contributed by atoms with Gasteiger partial charge in [-0.1, -0.05) is 31.2 Å². The van der Waals surface area contributed by atoms with Crippen molar-refractivity contribution in [3.8, 4) is 0 Å². The van der Waals surface area contributed by atoms with E-state index in [1.807, 2.05) is 67.3 Å². The molecule has 2 aromatic carbocycles. The van der Waals surface area contributed by atoms with Gasteiger partial charge in [-0.2, -0.15) is 0 Å². The molecule has 2 amide bonds. The normalized spacial score (nSPS) is 13.5. The van der Waals surface area contributed by atoms with Gasteiger partial charge >= 0.3 is 0 Å². The summed E-state index contributed by atoms with van der Waals surface area (Å²) in [7, 11) is 0. The molecule has 178 valence electrons. The minimum absolute atomic E-state index is 0. The standard InChI is InChI=1S/C25H33N5O2.HI/c1-3-7-23(31)29-21-9-5-8-20(16-21)18-28-25(26-4-2)27-17-19-11-13-22(14-12-19)30-15-6-10-24(30)32;/h5,8-9,11-14,16H,3-4,6-7,10,15,17-18H2,1-2H3,(H,29,31)(H2,26,27,28);1H. The molecule has 3 rings (SSSR count). The predicted molar refractivity (Wildman–Crippen MR) is 145 cm³/mol. The topological polar surface area (TPSA) is 85.8 Å². The first-order chi connectivity index (χ1) is 15.6. The second-order valence-electron chi connectivity index (χ2n) is 7.86. The highest BCUT2D eigenvalue weighted by Crippen LogP contribution is 2.21. The van der Waals surface area contributed by atoms with E-state index in [0.29, 0.717) is 25.9 Å². The molecule has 1 heterocycles. The van der Waals surface area contributed by atoms with E-state index in [-0.39, 0.29) is 35.8 Å². The molecular formula is C25H34IN5O2. The van der Waals surface area contributed by atoms with Crippen LogP contribution in [0.1, 0.15) is 50.7 Å². The smallest absolute Gasteiger partial charge is 0.227 e. The number of rotatable bonds is 9. The van der Waals surface area contributed by atoms with Gasteiger partial charge in [-0.05, 0) is 55.2 Å². The molecule has 0 aliphatic carbocycles. The number of anilines is 2. The Bertz CT molecular complexity index is 946. The fourth-order valence-electron chi connectivity index (χ4n) is 3.61. The molecular weight excluding hydrogens is 529 g/mol. The molecule has 2 aromatic rings. The second kappa shape index (κ2) is 13.8. The van der Waals surface area contributed by atoms with Crippen molar-refractivity contribution in [1.82, 2.24) is 10.6 Å². The Kier molecular flexibility index (Phi) is 11.2. The first-order valence-electron chi connectivity index (χ1n) is 11.4. The summed E-state index contributed by atoms with van der Waals surface area (Å²) in [5.74, 6) is 0.960. The summed E-state index contributed by atoms with van der Waals surface area (Å²) >= 11 is 0. The molecule has 1 fully saturated rings. The summed E-state index contributed by atoms with van der Waals surface area (Å²) < 4.78 is 0. The molecule has 0 unspecified atom stereocenters. The quantitative estimate of drug-likeness (QED) is 0.240. The number of amides is 2. The van der Waals surface area contributed by atoms with E-state index in [0.717, 1.165) is 54.4 Å². The number of nitrogens with one attached hydrogen (secondary N) is 3. The van der Waals surface area contributed by atoms with Gasteiger partial charge in [0.15, 0.2) is 5.96 Å². The minimum atomic E-state index is 0. The molecule has 33 heavy (non-hydrogen) atoms. The summed E-state index contributed by atoms with van der Waals surface area (Å²) in [4.78, 5) is 30.3. The average molecular weight is 563 g/mol. The second-order valence-corrected chi connectivity index (χ2v) is 7.86. The largest absolute Gasteiger partial charge is 0.357 e. The third kappa shape index (κ3) is 8.34. The van der Waals surface area contributed by atoms with E-state index < -0.39 is 0 Å². The zero-order valence-electron chi connectivity index (χ0n) is 19.4. The lowest BCUT2D eigenvalue weighted by Crippen LogP contribution is -2.36. The first kappa shape index (κ1) is 26.6. The number of carbonyl (C=O) groups is 2. The van der Waals surface area contributed by atoms with E-state index in [9.17, 15) is 9.59 Å². The van der Waals surface area contributed by atoms with E-state index >= 15 is 0 Å². The van der Waals surface area contributed by atoms with Crippen molar-refractivity contribution >= 4 is 53.1 Å². The summed E-state index contributed by atoms with van der Waals surface area (Å²) in [6.07, 6.45) is 2.91. The maximum Gasteiger partial charge on any atom is 0.227 e. The van der Waals surface area contributed by atoms with Crippen LogP contribution in [0, 0.1) is 0 Å². The molecule has 0 spiro atoms. The molecule has 1 saturated heterocycles. The number of hydrogen-bond donors (Lipinski definition) is 3. The summed E-state index contributed by atoms with van der Waals surface area (Å²) in [5.41, 5.74) is 3.90. The van der Waals surface area contributed by atoms with Crippen LogP contribution in [0.3, 0.4) is 0 Å². The van der Waals surface area contributed by atoms with Crippen molar-refractivity contribution in [3.05, 3.63) is 59.7 Å². The van der Waals surface area contributed by atoms with Crippen molar-refractivity contribution < 1.29 is 9.59 Å². The average Bonchev–Trinajstić information content (AvgIpc) is 3.22. The predicted octanol–water partition coefficient (Wildman–Crippen LogP) is 4.43. The van der Waals surface area contributed by atoms with Crippen LogP contribution in [-0.4, -0.2) is 30.9 Å². The van der Waals surface area contributed by atoms with Crippen LogP contribution in [0.15, 0.2) is 53.5 Å². The number of aliphatic imine (C=N–C) groups is 1. The monoisotopic (exact) mass is 563 g/mol.